The summed E-state index contributed by atoms with van der Waals surface area (Å²) in [4.78, 5) is 0. The van der Waals surface area contributed by atoms with Crippen LogP contribution in [-0.4, -0.2) is 23.3 Å². The second-order valence-electron chi connectivity index (χ2n) is 3.87. The van der Waals surface area contributed by atoms with Crippen LogP contribution in [0.1, 0.15) is 24.8 Å². The van der Waals surface area contributed by atoms with Gasteiger partial charge in [-0.15, -0.1) is 10.2 Å². The molecule has 0 atom stereocenters. The molecule has 0 saturated heterocycles. The van der Waals surface area contributed by atoms with Crippen molar-refractivity contribution in [2.45, 2.75) is 26.2 Å². The zero-order valence-electron chi connectivity index (χ0n) is 9.98. The van der Waals surface area contributed by atoms with Crippen molar-refractivity contribution >= 4 is 11.3 Å². The third-order valence-corrected chi connectivity index (χ3v) is 3.44. The molecule has 0 aliphatic heterocycles. The predicted molar refractivity (Wildman–Crippen MR) is 69.1 cm³/mol. The second kappa shape index (κ2) is 6.51. The van der Waals surface area contributed by atoms with E-state index in [1.54, 1.807) is 23.9 Å². The average Bonchev–Trinajstić information content (AvgIpc) is 2.99. The maximum Gasteiger partial charge on any atom is 0.151 e. The van der Waals surface area contributed by atoms with Crippen LogP contribution in [0, 0.1) is 0 Å². The average molecular weight is 251 g/mol. The van der Waals surface area contributed by atoms with E-state index in [2.05, 4.69) is 22.4 Å². The number of hydrogen-bond acceptors (Lipinski definition) is 5. The van der Waals surface area contributed by atoms with E-state index in [1.807, 2.05) is 6.07 Å². The summed E-state index contributed by atoms with van der Waals surface area (Å²) in [6, 6.07) is 1.91. The second-order valence-corrected chi connectivity index (χ2v) is 4.93. The predicted octanol–water partition coefficient (Wildman–Crippen LogP) is 2.73. The number of nitrogens with zero attached hydrogens (tertiary/aromatic N) is 2. The summed E-state index contributed by atoms with van der Waals surface area (Å²) < 4.78 is 5.03. The van der Waals surface area contributed by atoms with Gasteiger partial charge in [-0.3, -0.25) is 0 Å². The molecule has 0 amide bonds. The Morgan fingerprint density at radius 2 is 2.29 bits per heavy atom. The lowest BCUT2D eigenvalue weighted by atomic mass is 10.3. The van der Waals surface area contributed by atoms with Crippen LogP contribution in [0.15, 0.2) is 23.0 Å². The lowest BCUT2D eigenvalue weighted by Crippen LogP contribution is -2.16. The molecular weight excluding hydrogens is 234 g/mol. The Labute approximate surface area is 105 Å². The first-order valence-electron chi connectivity index (χ1n) is 5.96. The van der Waals surface area contributed by atoms with Gasteiger partial charge in [0.05, 0.1) is 11.8 Å². The van der Waals surface area contributed by atoms with E-state index < -0.39 is 0 Å². The quantitative estimate of drug-likeness (QED) is 0.769. The van der Waals surface area contributed by atoms with Crippen LogP contribution in [0.25, 0.3) is 10.6 Å². The molecule has 0 fully saturated rings. The van der Waals surface area contributed by atoms with E-state index in [9.17, 15) is 0 Å². The Hall–Kier alpha value is -1.20. The van der Waals surface area contributed by atoms with E-state index in [1.165, 1.54) is 6.42 Å². The first kappa shape index (κ1) is 12.3. The van der Waals surface area contributed by atoms with Gasteiger partial charge in [-0.05, 0) is 32.0 Å². The fourth-order valence-corrected chi connectivity index (χ4v) is 2.39. The van der Waals surface area contributed by atoms with E-state index in [0.717, 1.165) is 41.5 Å². The van der Waals surface area contributed by atoms with Gasteiger partial charge in [0.1, 0.15) is 11.3 Å². The maximum absolute atomic E-state index is 5.03. The van der Waals surface area contributed by atoms with Gasteiger partial charge in [0.15, 0.2) is 5.01 Å². The topological polar surface area (TPSA) is 51.0 Å². The van der Waals surface area contributed by atoms with E-state index >= 15 is 0 Å². The SMILES string of the molecule is CCCNCCCc1nnc(-c2ccoc2)s1. The Balaban J connectivity index is 1.79. The summed E-state index contributed by atoms with van der Waals surface area (Å²) in [5.74, 6) is 0. The van der Waals surface area contributed by atoms with E-state index in [0.29, 0.717) is 0 Å². The number of nitrogens with one attached hydrogen (secondary N) is 1. The number of aryl methyl sites for hydroxylation is 1. The molecule has 0 spiro atoms. The van der Waals surface area contributed by atoms with E-state index in [4.69, 9.17) is 4.42 Å². The minimum Gasteiger partial charge on any atom is -0.472 e. The van der Waals surface area contributed by atoms with Crippen molar-refractivity contribution in [1.29, 1.82) is 0 Å². The maximum atomic E-state index is 5.03. The van der Waals surface area contributed by atoms with Crippen LogP contribution in [0.4, 0.5) is 0 Å². The smallest absolute Gasteiger partial charge is 0.151 e. The third kappa shape index (κ3) is 3.64. The standard InChI is InChI=1S/C12H17N3OS/c1-2-6-13-7-3-4-11-14-15-12(17-11)10-5-8-16-9-10/h5,8-9,13H,2-4,6-7H2,1H3. The Kier molecular flexibility index (Phi) is 4.70. The zero-order chi connectivity index (χ0) is 11.9. The molecule has 0 unspecified atom stereocenters. The van der Waals surface area contributed by atoms with Crippen LogP contribution in [0.2, 0.25) is 0 Å². The first-order chi connectivity index (χ1) is 8.40. The minimum absolute atomic E-state index is 0.940. The molecule has 2 aromatic rings. The molecular formula is C12H17N3OS. The van der Waals surface area contributed by atoms with Gasteiger partial charge in [0, 0.05) is 6.42 Å². The highest BCUT2D eigenvalue weighted by molar-refractivity contribution is 7.14. The van der Waals surface area contributed by atoms with Crippen LogP contribution >= 0.6 is 11.3 Å². The number of rotatable bonds is 7. The van der Waals surface area contributed by atoms with Crippen molar-refractivity contribution in [3.05, 3.63) is 23.6 Å². The van der Waals surface area contributed by atoms with Crippen molar-refractivity contribution in [2.75, 3.05) is 13.1 Å². The molecule has 92 valence electrons. The van der Waals surface area contributed by atoms with E-state index in [-0.39, 0.29) is 0 Å². The molecule has 2 rings (SSSR count). The summed E-state index contributed by atoms with van der Waals surface area (Å²) in [6.07, 6.45) is 6.65. The summed E-state index contributed by atoms with van der Waals surface area (Å²) in [5, 5.41) is 13.8. The Bertz CT molecular complexity index is 425. The highest BCUT2D eigenvalue weighted by atomic mass is 32.1. The molecule has 0 aromatic carbocycles. The first-order valence-corrected chi connectivity index (χ1v) is 6.77. The zero-order valence-corrected chi connectivity index (χ0v) is 10.8. The van der Waals surface area contributed by atoms with Gasteiger partial charge >= 0.3 is 0 Å². The van der Waals surface area contributed by atoms with Gasteiger partial charge in [0.25, 0.3) is 0 Å². The highest BCUT2D eigenvalue weighted by Crippen LogP contribution is 2.24. The molecule has 4 nitrogen and oxygen atoms in total. The minimum atomic E-state index is 0.940. The van der Waals surface area contributed by atoms with Gasteiger partial charge in [-0.1, -0.05) is 18.3 Å². The monoisotopic (exact) mass is 251 g/mol. The normalized spacial score (nSPS) is 10.9. The van der Waals surface area contributed by atoms with Gasteiger partial charge in [-0.25, -0.2) is 0 Å². The van der Waals surface area contributed by atoms with Crippen molar-refractivity contribution in [3.8, 4) is 10.6 Å². The molecule has 17 heavy (non-hydrogen) atoms. The molecule has 0 bridgehead atoms. The summed E-state index contributed by atoms with van der Waals surface area (Å²) >= 11 is 1.64. The number of furan rings is 1. The summed E-state index contributed by atoms with van der Waals surface area (Å²) in [6.45, 7) is 4.32. The summed E-state index contributed by atoms with van der Waals surface area (Å²) in [5.41, 5.74) is 1.01. The van der Waals surface area contributed by atoms with Crippen molar-refractivity contribution in [1.82, 2.24) is 15.5 Å². The van der Waals surface area contributed by atoms with Gasteiger partial charge in [-0.2, -0.15) is 0 Å². The lowest BCUT2D eigenvalue weighted by molar-refractivity contribution is 0.568. The lowest BCUT2D eigenvalue weighted by Gasteiger charge is -1.99. The molecule has 2 heterocycles. The largest absolute Gasteiger partial charge is 0.472 e. The van der Waals surface area contributed by atoms with Crippen molar-refractivity contribution < 1.29 is 4.42 Å². The fourth-order valence-electron chi connectivity index (χ4n) is 1.52. The Morgan fingerprint density at radius 3 is 3.06 bits per heavy atom. The van der Waals surface area contributed by atoms with Gasteiger partial charge in [0.2, 0.25) is 0 Å². The molecule has 0 radical (unpaired) electrons. The van der Waals surface area contributed by atoms with Crippen LogP contribution in [0.5, 0.6) is 0 Å². The molecule has 0 saturated carbocycles. The van der Waals surface area contributed by atoms with Crippen LogP contribution in [0.3, 0.4) is 0 Å². The molecule has 2 aromatic heterocycles. The fraction of sp³-hybridized carbons (Fsp3) is 0.500. The highest BCUT2D eigenvalue weighted by Gasteiger charge is 2.07. The molecule has 0 aliphatic rings. The van der Waals surface area contributed by atoms with Crippen molar-refractivity contribution in [2.24, 2.45) is 0 Å². The van der Waals surface area contributed by atoms with Gasteiger partial charge < -0.3 is 9.73 Å². The van der Waals surface area contributed by atoms with Crippen LogP contribution in [-0.2, 0) is 6.42 Å². The molecule has 1 N–H and O–H groups in total. The third-order valence-electron chi connectivity index (χ3n) is 2.41. The molecule has 5 heteroatoms. The number of aromatic nitrogens is 2. The van der Waals surface area contributed by atoms with Crippen molar-refractivity contribution in [3.63, 3.8) is 0 Å². The molecule has 0 aliphatic carbocycles. The number of hydrogen-bond donors (Lipinski definition) is 1. The van der Waals surface area contributed by atoms with Crippen LogP contribution < -0.4 is 5.32 Å². The summed E-state index contributed by atoms with van der Waals surface area (Å²) in [7, 11) is 0. The Morgan fingerprint density at radius 1 is 1.35 bits per heavy atom.